The molecule has 0 fully saturated rings. The summed E-state index contributed by atoms with van der Waals surface area (Å²) in [4.78, 5) is 15.8. The summed E-state index contributed by atoms with van der Waals surface area (Å²) in [5.41, 5.74) is 7.47. The van der Waals surface area contributed by atoms with Crippen molar-refractivity contribution in [2.24, 2.45) is 5.41 Å². The lowest BCUT2D eigenvalue weighted by Crippen LogP contribution is -2.22. The van der Waals surface area contributed by atoms with Gasteiger partial charge in [-0.2, -0.15) is 0 Å². The molecule has 58 heavy (non-hydrogen) atoms. The Morgan fingerprint density at radius 1 is 0.810 bits per heavy atom. The number of hydrogen-bond donors (Lipinski definition) is 0. The van der Waals surface area contributed by atoms with Crippen molar-refractivity contribution < 1.29 is 8.83 Å². The molecule has 9 rings (SSSR count). The fourth-order valence-electron chi connectivity index (χ4n) is 8.20. The van der Waals surface area contributed by atoms with E-state index < -0.39 is 0 Å². The molecule has 4 aromatic carbocycles. The Morgan fingerprint density at radius 2 is 1.64 bits per heavy atom. The Labute approximate surface area is 338 Å². The largest absolute Gasteiger partial charge is 0.457 e. The van der Waals surface area contributed by atoms with Crippen LogP contribution in [0.15, 0.2) is 161 Å². The minimum absolute atomic E-state index is 0.0179. The first-order valence-corrected chi connectivity index (χ1v) is 20.1. The Kier molecular flexibility index (Phi) is 9.88. The summed E-state index contributed by atoms with van der Waals surface area (Å²) in [5, 5.41) is 5.38. The van der Waals surface area contributed by atoms with Gasteiger partial charge in [0.25, 0.3) is 0 Å². The molecule has 0 N–H and O–H groups in total. The molecule has 0 saturated heterocycles. The van der Waals surface area contributed by atoms with E-state index in [9.17, 15) is 0 Å². The molecular formula is C53H45N3O2. The van der Waals surface area contributed by atoms with Crippen molar-refractivity contribution in [2.75, 3.05) is 0 Å². The molecule has 2 aliphatic rings. The fraction of sp³-hybridized carbons (Fsp3) is 0.151. The van der Waals surface area contributed by atoms with Crippen LogP contribution in [-0.2, 0) is 6.42 Å². The van der Waals surface area contributed by atoms with Crippen molar-refractivity contribution >= 4 is 57.0 Å². The summed E-state index contributed by atoms with van der Waals surface area (Å²) in [7, 11) is 0. The molecule has 284 valence electrons. The molecule has 7 aromatic rings. The third kappa shape index (κ3) is 7.16. The second-order valence-corrected chi connectivity index (χ2v) is 15.6. The minimum Gasteiger partial charge on any atom is -0.457 e. The molecule has 3 heterocycles. The third-order valence-electron chi connectivity index (χ3n) is 11.4. The van der Waals surface area contributed by atoms with E-state index in [1.807, 2.05) is 24.3 Å². The minimum atomic E-state index is -0.0179. The van der Waals surface area contributed by atoms with Crippen LogP contribution in [0, 0.1) is 5.41 Å². The number of fused-ring (bicyclic) bond motifs is 5. The highest BCUT2D eigenvalue weighted by Gasteiger charge is 2.25. The van der Waals surface area contributed by atoms with Gasteiger partial charge in [0.05, 0.1) is 0 Å². The summed E-state index contributed by atoms with van der Waals surface area (Å²) in [5.74, 6) is 3.17. The number of allylic oxidation sites excluding steroid dienone is 12. The van der Waals surface area contributed by atoms with Crippen LogP contribution in [-0.4, -0.2) is 15.0 Å². The van der Waals surface area contributed by atoms with Crippen molar-refractivity contribution in [3.8, 4) is 22.8 Å². The average Bonchev–Trinajstić information content (AvgIpc) is 3.79. The summed E-state index contributed by atoms with van der Waals surface area (Å²) in [6, 6.07) is 27.2. The molecule has 2 unspecified atom stereocenters. The first kappa shape index (κ1) is 36.8. The van der Waals surface area contributed by atoms with E-state index >= 15 is 0 Å². The molecule has 5 heteroatoms. The first-order valence-electron chi connectivity index (χ1n) is 20.1. The van der Waals surface area contributed by atoms with Crippen molar-refractivity contribution in [2.45, 2.75) is 45.4 Å². The van der Waals surface area contributed by atoms with Crippen molar-refractivity contribution in [3.05, 3.63) is 186 Å². The van der Waals surface area contributed by atoms with E-state index in [0.29, 0.717) is 35.2 Å². The van der Waals surface area contributed by atoms with Gasteiger partial charge in [0.1, 0.15) is 22.3 Å². The standard InChI is InChI=1S/C53H45N3O2/c1-5-6-7-8-15-31-53(4)32-29-39(30-33-53)50-54-51(41-26-25-37-18-9-10-20-40(37)34-41)56-52(55-50)48-38(27-28-46-49(48)43-22-13-14-23-44(43)58-46)19-11-12-21-42-36(3)57-45-24-16-17-35(2)47(42)45/h5-16,18,20-30,32,34-35H,1,3,17,19,31,33H2,2,4H3/b7-6-,12-11-,15-8-,42-21+. The molecule has 0 bridgehead atoms. The molecule has 0 aliphatic heterocycles. The first-order chi connectivity index (χ1) is 28.4. The predicted octanol–water partition coefficient (Wildman–Crippen LogP) is 12.4. The zero-order valence-corrected chi connectivity index (χ0v) is 33.0. The maximum atomic E-state index is 6.45. The third-order valence-corrected chi connectivity index (χ3v) is 11.4. The SMILES string of the molecule is C=C/C=C\C=C/CC1(C)C=CC(c2nc(-c3ccc4ccccc4c3)nc(-c3c(C/C=C\C=c4\c5c(oc4=C)C=CCC5C)ccc4oc5ccccc5c34)n2)=CC1. The quantitative estimate of drug-likeness (QED) is 0.130. The summed E-state index contributed by atoms with van der Waals surface area (Å²) < 4.78 is 12.5. The second-order valence-electron chi connectivity index (χ2n) is 15.6. The molecule has 2 atom stereocenters. The van der Waals surface area contributed by atoms with Gasteiger partial charge in [-0.15, -0.1) is 0 Å². The highest BCUT2D eigenvalue weighted by atomic mass is 16.3. The smallest absolute Gasteiger partial charge is 0.165 e. The van der Waals surface area contributed by atoms with Crippen molar-refractivity contribution in [3.63, 3.8) is 0 Å². The van der Waals surface area contributed by atoms with Crippen LogP contribution in [0.25, 0.3) is 79.8 Å². The predicted molar refractivity (Wildman–Crippen MR) is 241 cm³/mol. The van der Waals surface area contributed by atoms with Crippen LogP contribution >= 0.6 is 0 Å². The van der Waals surface area contributed by atoms with Gasteiger partial charge in [0.15, 0.2) is 17.5 Å². The zero-order chi connectivity index (χ0) is 39.6. The number of benzene rings is 4. The summed E-state index contributed by atoms with van der Waals surface area (Å²) in [6.07, 6.45) is 30.9. The Hall–Kier alpha value is -6.85. The molecule has 0 amide bonds. The molecule has 0 spiro atoms. The maximum Gasteiger partial charge on any atom is 0.165 e. The van der Waals surface area contributed by atoms with Gasteiger partial charge in [-0.05, 0) is 77.6 Å². The molecule has 0 saturated carbocycles. The maximum absolute atomic E-state index is 6.45. The normalized spacial score (nSPS) is 18.4. The Bertz CT molecular complexity index is 3040. The van der Waals surface area contributed by atoms with E-state index in [0.717, 1.165) is 79.8 Å². The van der Waals surface area contributed by atoms with E-state index in [1.54, 1.807) is 6.08 Å². The molecular weight excluding hydrogens is 711 g/mol. The molecule has 0 radical (unpaired) electrons. The topological polar surface area (TPSA) is 65.0 Å². The lowest BCUT2D eigenvalue weighted by molar-refractivity contribution is 0.437. The van der Waals surface area contributed by atoms with Crippen LogP contribution < -0.4 is 10.6 Å². The molecule has 2 aliphatic carbocycles. The van der Waals surface area contributed by atoms with E-state index in [1.165, 1.54) is 10.9 Å². The highest BCUT2D eigenvalue weighted by Crippen LogP contribution is 2.40. The van der Waals surface area contributed by atoms with Gasteiger partial charge < -0.3 is 8.83 Å². The van der Waals surface area contributed by atoms with Crippen LogP contribution in [0.4, 0.5) is 0 Å². The van der Waals surface area contributed by atoms with Gasteiger partial charge in [0, 0.05) is 38.3 Å². The van der Waals surface area contributed by atoms with Crippen molar-refractivity contribution in [1.82, 2.24) is 15.0 Å². The Morgan fingerprint density at radius 3 is 2.50 bits per heavy atom. The lowest BCUT2D eigenvalue weighted by Gasteiger charge is -2.26. The number of furan rings is 2. The number of aromatic nitrogens is 3. The van der Waals surface area contributed by atoms with Gasteiger partial charge >= 0.3 is 0 Å². The summed E-state index contributed by atoms with van der Waals surface area (Å²) >= 11 is 0. The van der Waals surface area contributed by atoms with Crippen LogP contribution in [0.5, 0.6) is 0 Å². The fourth-order valence-corrected chi connectivity index (χ4v) is 8.20. The van der Waals surface area contributed by atoms with Crippen LogP contribution in [0.2, 0.25) is 0 Å². The van der Waals surface area contributed by atoms with E-state index in [4.69, 9.17) is 23.8 Å². The highest BCUT2D eigenvalue weighted by molar-refractivity contribution is 6.12. The average molecular weight is 756 g/mol. The summed E-state index contributed by atoms with van der Waals surface area (Å²) in [6.45, 7) is 12.5. The van der Waals surface area contributed by atoms with E-state index in [2.05, 4.69) is 154 Å². The van der Waals surface area contributed by atoms with Gasteiger partial charge in [-0.25, -0.2) is 15.0 Å². The Balaban J connectivity index is 1.18. The van der Waals surface area contributed by atoms with Gasteiger partial charge in [-0.1, -0.05) is 161 Å². The number of nitrogens with zero attached hydrogens (tertiary/aromatic N) is 3. The number of hydrogen-bond acceptors (Lipinski definition) is 5. The molecule has 5 nitrogen and oxygen atoms in total. The zero-order valence-electron chi connectivity index (χ0n) is 33.0. The van der Waals surface area contributed by atoms with Gasteiger partial charge in [-0.3, -0.25) is 0 Å². The number of para-hydroxylation sites is 1. The monoisotopic (exact) mass is 755 g/mol. The second kappa shape index (κ2) is 15.6. The molecule has 3 aromatic heterocycles. The van der Waals surface area contributed by atoms with Crippen LogP contribution in [0.3, 0.4) is 0 Å². The number of rotatable bonds is 10. The van der Waals surface area contributed by atoms with Gasteiger partial charge in [0.2, 0.25) is 0 Å². The van der Waals surface area contributed by atoms with E-state index in [-0.39, 0.29) is 5.41 Å². The lowest BCUT2D eigenvalue weighted by atomic mass is 9.79. The van der Waals surface area contributed by atoms with Crippen LogP contribution in [0.1, 0.15) is 61.7 Å². The van der Waals surface area contributed by atoms with Crippen molar-refractivity contribution in [1.29, 1.82) is 0 Å².